The van der Waals surface area contributed by atoms with Gasteiger partial charge in [-0.15, -0.1) is 0 Å². The molecule has 1 unspecified atom stereocenters. The lowest BCUT2D eigenvalue weighted by molar-refractivity contribution is 0.136. The lowest BCUT2D eigenvalue weighted by Crippen LogP contribution is -2.23. The van der Waals surface area contributed by atoms with Crippen molar-refractivity contribution in [2.75, 3.05) is 14.2 Å². The molecule has 100 valence electrons. The highest BCUT2D eigenvalue weighted by Crippen LogP contribution is 2.24. The van der Waals surface area contributed by atoms with E-state index in [1.54, 1.807) is 21.1 Å². The van der Waals surface area contributed by atoms with Crippen molar-refractivity contribution in [3.8, 4) is 11.5 Å². The highest BCUT2D eigenvalue weighted by molar-refractivity contribution is 6.13. The molecule has 0 fully saturated rings. The molecule has 4 heteroatoms. The summed E-state index contributed by atoms with van der Waals surface area (Å²) in [6.45, 7) is 1.61. The predicted molar refractivity (Wildman–Crippen MR) is 75.6 cm³/mol. The second-order valence-corrected chi connectivity index (χ2v) is 4.43. The third-order valence-corrected chi connectivity index (χ3v) is 2.56. The Bertz CT molecular complexity index is 336. The summed E-state index contributed by atoms with van der Waals surface area (Å²) < 4.78 is 10.4. The maximum absolute atomic E-state index is 9.43. The van der Waals surface area contributed by atoms with Crippen molar-refractivity contribution in [3.05, 3.63) is 23.8 Å². The molecule has 0 saturated carbocycles. The van der Waals surface area contributed by atoms with Crippen LogP contribution in [0.2, 0.25) is 0 Å². The van der Waals surface area contributed by atoms with Gasteiger partial charge in [0.2, 0.25) is 0 Å². The van der Waals surface area contributed by atoms with Crippen LogP contribution in [0.25, 0.3) is 0 Å². The summed E-state index contributed by atoms with van der Waals surface area (Å²) in [5.74, 6) is 1.55. The Balaban J connectivity index is 0.00000289. The molecule has 1 atom stereocenters. The number of benzene rings is 1. The molecule has 0 aromatic heterocycles. The first-order valence-corrected chi connectivity index (χ1v) is 5.68. The van der Waals surface area contributed by atoms with Crippen molar-refractivity contribution in [3.63, 3.8) is 0 Å². The van der Waals surface area contributed by atoms with E-state index >= 15 is 0 Å². The van der Waals surface area contributed by atoms with Gasteiger partial charge in [-0.1, -0.05) is 7.43 Å². The molecule has 2 radical (unpaired) electrons. The molecule has 1 aromatic rings. The van der Waals surface area contributed by atoms with Crippen LogP contribution in [0.15, 0.2) is 18.2 Å². The van der Waals surface area contributed by atoms with Gasteiger partial charge in [0.05, 0.1) is 14.2 Å². The number of aliphatic hydroxyl groups is 1. The highest BCUT2D eigenvalue weighted by atomic mass is 16.5. The van der Waals surface area contributed by atoms with Crippen molar-refractivity contribution < 1.29 is 14.6 Å². The van der Waals surface area contributed by atoms with E-state index < -0.39 is 5.50 Å². The number of hydrogen-bond acceptors (Lipinski definition) is 3. The van der Waals surface area contributed by atoms with Gasteiger partial charge in [-0.2, -0.15) is 0 Å². The van der Waals surface area contributed by atoms with E-state index in [0.29, 0.717) is 6.42 Å². The lowest BCUT2D eigenvalue weighted by Gasteiger charge is -2.17. The molecule has 0 saturated heterocycles. The minimum Gasteiger partial charge on any atom is -0.497 e. The van der Waals surface area contributed by atoms with Crippen molar-refractivity contribution in [2.45, 2.75) is 39.1 Å². The van der Waals surface area contributed by atoms with E-state index in [4.69, 9.17) is 17.3 Å². The predicted octanol–water partition coefficient (Wildman–Crippen LogP) is 2.54. The summed E-state index contributed by atoms with van der Waals surface area (Å²) in [7, 11) is 8.77. The summed E-state index contributed by atoms with van der Waals surface area (Å²) in [6.07, 6.45) is 2.22. The van der Waals surface area contributed by atoms with Gasteiger partial charge in [0.25, 0.3) is 0 Å². The minimum absolute atomic E-state index is 0. The maximum atomic E-state index is 9.43. The molecule has 0 heterocycles. The Hall–Kier alpha value is -1.16. The van der Waals surface area contributed by atoms with E-state index in [1.807, 2.05) is 18.2 Å². The van der Waals surface area contributed by atoms with Crippen molar-refractivity contribution in [2.24, 2.45) is 0 Å². The molecule has 0 aliphatic heterocycles. The number of rotatable bonds is 6. The zero-order chi connectivity index (χ0) is 12.9. The first kappa shape index (κ1) is 16.8. The highest BCUT2D eigenvalue weighted by Gasteiger charge is 2.11. The fourth-order valence-electron chi connectivity index (χ4n) is 1.66. The Morgan fingerprint density at radius 2 is 1.67 bits per heavy atom. The SMILES string of the molecule is C.[B]C(C)(O)CCCc1cc(OC)cc(OC)c1. The van der Waals surface area contributed by atoms with Crippen LogP contribution >= 0.6 is 0 Å². The molecule has 0 spiro atoms. The van der Waals surface area contributed by atoms with Crippen LogP contribution in [-0.4, -0.2) is 32.7 Å². The van der Waals surface area contributed by atoms with E-state index in [1.165, 1.54) is 0 Å². The third kappa shape index (κ3) is 5.96. The summed E-state index contributed by atoms with van der Waals surface area (Å²) in [4.78, 5) is 0. The molecule has 18 heavy (non-hydrogen) atoms. The van der Waals surface area contributed by atoms with E-state index in [2.05, 4.69) is 0 Å². The van der Waals surface area contributed by atoms with Crippen LogP contribution in [0.3, 0.4) is 0 Å². The van der Waals surface area contributed by atoms with Gasteiger partial charge in [-0.05, 0) is 43.9 Å². The zero-order valence-electron chi connectivity index (χ0n) is 10.7. The largest absolute Gasteiger partial charge is 0.497 e. The molecular formula is C14H23BO3. The van der Waals surface area contributed by atoms with Crippen LogP contribution in [-0.2, 0) is 6.42 Å². The van der Waals surface area contributed by atoms with Gasteiger partial charge in [-0.25, -0.2) is 0 Å². The van der Waals surface area contributed by atoms with Crippen LogP contribution in [0.5, 0.6) is 11.5 Å². The molecule has 1 rings (SSSR count). The van der Waals surface area contributed by atoms with Crippen LogP contribution in [0.1, 0.15) is 32.8 Å². The molecule has 0 aliphatic rings. The summed E-state index contributed by atoms with van der Waals surface area (Å²) in [5.41, 5.74) is 0.0219. The maximum Gasteiger partial charge on any atom is 0.122 e. The second kappa shape index (κ2) is 7.32. The fourth-order valence-corrected chi connectivity index (χ4v) is 1.66. The van der Waals surface area contributed by atoms with Gasteiger partial charge in [0, 0.05) is 11.6 Å². The Morgan fingerprint density at radius 1 is 1.17 bits per heavy atom. The van der Waals surface area contributed by atoms with E-state index in [0.717, 1.165) is 29.9 Å². The molecular weight excluding hydrogens is 227 g/mol. The average Bonchev–Trinajstić information content (AvgIpc) is 2.26. The summed E-state index contributed by atoms with van der Waals surface area (Å²) in [5, 5.41) is 9.43. The molecule has 3 nitrogen and oxygen atoms in total. The quantitative estimate of drug-likeness (QED) is 0.788. The molecule has 1 aromatic carbocycles. The standard InChI is InChI=1S/C13H19BO3.CH4/c1-13(14,15)6-4-5-10-7-11(16-2)9-12(8-10)17-3;/h7-9,15H,4-6H2,1-3H3;1H4. The minimum atomic E-state index is -1.09. The molecule has 0 amide bonds. The second-order valence-electron chi connectivity index (χ2n) is 4.43. The smallest absolute Gasteiger partial charge is 0.122 e. The Morgan fingerprint density at radius 3 is 2.06 bits per heavy atom. The van der Waals surface area contributed by atoms with Crippen molar-refractivity contribution >= 4 is 7.85 Å². The van der Waals surface area contributed by atoms with Gasteiger partial charge >= 0.3 is 0 Å². The Kier molecular flexibility index (Phi) is 6.85. The van der Waals surface area contributed by atoms with Crippen LogP contribution < -0.4 is 9.47 Å². The van der Waals surface area contributed by atoms with Gasteiger partial charge in [0.15, 0.2) is 0 Å². The molecule has 1 N–H and O–H groups in total. The topological polar surface area (TPSA) is 38.7 Å². The number of hydrogen-bond donors (Lipinski definition) is 1. The normalized spacial score (nSPS) is 13.3. The number of ether oxygens (including phenoxy) is 2. The number of aryl methyl sites for hydroxylation is 1. The van der Waals surface area contributed by atoms with Gasteiger partial charge < -0.3 is 14.6 Å². The van der Waals surface area contributed by atoms with Gasteiger partial charge in [0.1, 0.15) is 19.3 Å². The van der Waals surface area contributed by atoms with Crippen molar-refractivity contribution in [1.29, 1.82) is 0 Å². The zero-order valence-corrected chi connectivity index (χ0v) is 10.7. The molecule has 0 aliphatic carbocycles. The molecule has 0 bridgehead atoms. The monoisotopic (exact) mass is 250 g/mol. The van der Waals surface area contributed by atoms with Crippen LogP contribution in [0, 0.1) is 0 Å². The lowest BCUT2D eigenvalue weighted by atomic mass is 9.79. The summed E-state index contributed by atoms with van der Waals surface area (Å²) in [6, 6.07) is 5.77. The first-order valence-electron chi connectivity index (χ1n) is 5.68. The fraction of sp³-hybridized carbons (Fsp3) is 0.571. The summed E-state index contributed by atoms with van der Waals surface area (Å²) >= 11 is 0. The Labute approximate surface area is 112 Å². The first-order chi connectivity index (χ1) is 7.94. The third-order valence-electron chi connectivity index (χ3n) is 2.56. The van der Waals surface area contributed by atoms with E-state index in [9.17, 15) is 5.11 Å². The van der Waals surface area contributed by atoms with Crippen LogP contribution in [0.4, 0.5) is 0 Å². The number of methoxy groups -OCH3 is 2. The van der Waals surface area contributed by atoms with Gasteiger partial charge in [-0.3, -0.25) is 0 Å². The average molecular weight is 250 g/mol. The van der Waals surface area contributed by atoms with Crippen molar-refractivity contribution in [1.82, 2.24) is 0 Å². The van der Waals surface area contributed by atoms with E-state index in [-0.39, 0.29) is 7.43 Å².